The molecule has 3 rings (SSSR count). The van der Waals surface area contributed by atoms with Crippen LogP contribution in [0.25, 0.3) is 0 Å². The lowest BCUT2D eigenvalue weighted by molar-refractivity contribution is -0.150. The summed E-state index contributed by atoms with van der Waals surface area (Å²) in [5.41, 5.74) is -1.47. The van der Waals surface area contributed by atoms with E-state index < -0.39 is 22.3 Å². The first-order valence-corrected chi connectivity index (χ1v) is 13.3. The number of carbonyl (C=O) groups excluding carboxylic acids is 2. The van der Waals surface area contributed by atoms with Crippen LogP contribution in [0.5, 0.6) is 0 Å². The molecule has 1 heterocycles. The highest BCUT2D eigenvalue weighted by Crippen LogP contribution is 2.19. The average molecular weight is 525 g/mol. The molecule has 0 saturated carbocycles. The molecule has 208 valence electrons. The molecule has 38 heavy (non-hydrogen) atoms. The fourth-order valence-electron chi connectivity index (χ4n) is 4.22. The van der Waals surface area contributed by atoms with E-state index in [0.29, 0.717) is 26.3 Å². The standard InChI is InChI=1S/C30H44N4O4/c1-27(2)19-31-21-30(6,38-18-24-15-11-8-12-16-24)26(36)34-28(3,4)20-32-22-29(5,25(35)33-27)37-17-23-13-9-7-10-14-23/h7-16,31-32H,17-22H2,1-6H3,(H,33,35)(H,34,36)/t29-,30-/m1/s1. The third kappa shape index (κ3) is 8.63. The number of hydrogen-bond donors (Lipinski definition) is 4. The zero-order chi connectivity index (χ0) is 27.9. The summed E-state index contributed by atoms with van der Waals surface area (Å²) in [6.07, 6.45) is 0. The van der Waals surface area contributed by atoms with Crippen molar-refractivity contribution in [2.45, 2.75) is 77.0 Å². The highest BCUT2D eigenvalue weighted by Gasteiger charge is 2.41. The predicted octanol–water partition coefficient (Wildman–Crippen LogP) is 2.92. The third-order valence-electron chi connectivity index (χ3n) is 6.72. The van der Waals surface area contributed by atoms with Crippen LogP contribution in [0.4, 0.5) is 0 Å². The Hall–Kier alpha value is -2.78. The largest absolute Gasteiger partial charge is 0.359 e. The van der Waals surface area contributed by atoms with Gasteiger partial charge in [0.2, 0.25) is 0 Å². The molecule has 2 atom stereocenters. The highest BCUT2D eigenvalue weighted by molar-refractivity contribution is 5.86. The molecular formula is C30H44N4O4. The number of nitrogens with one attached hydrogen (secondary N) is 4. The topological polar surface area (TPSA) is 101 Å². The van der Waals surface area contributed by atoms with Gasteiger partial charge in [0.05, 0.1) is 13.2 Å². The van der Waals surface area contributed by atoms with E-state index in [0.717, 1.165) is 11.1 Å². The van der Waals surface area contributed by atoms with Crippen molar-refractivity contribution < 1.29 is 19.1 Å². The summed E-state index contributed by atoms with van der Waals surface area (Å²) in [5.74, 6) is -0.399. The van der Waals surface area contributed by atoms with Gasteiger partial charge in [-0.25, -0.2) is 0 Å². The first-order valence-electron chi connectivity index (χ1n) is 13.3. The number of carbonyl (C=O) groups is 2. The van der Waals surface area contributed by atoms with Crippen LogP contribution in [0.1, 0.15) is 52.7 Å². The van der Waals surface area contributed by atoms with Crippen LogP contribution in [-0.4, -0.2) is 60.3 Å². The monoisotopic (exact) mass is 524 g/mol. The zero-order valence-electron chi connectivity index (χ0n) is 23.6. The molecule has 1 aliphatic rings. The summed E-state index contributed by atoms with van der Waals surface area (Å²) in [6, 6.07) is 19.6. The maximum atomic E-state index is 13.5. The van der Waals surface area contributed by atoms with Gasteiger partial charge in [0, 0.05) is 37.3 Å². The van der Waals surface area contributed by atoms with E-state index in [2.05, 4.69) is 21.3 Å². The summed E-state index contributed by atoms with van der Waals surface area (Å²) in [5, 5.41) is 13.0. The minimum absolute atomic E-state index is 0.199. The molecule has 0 aromatic heterocycles. The van der Waals surface area contributed by atoms with Crippen LogP contribution >= 0.6 is 0 Å². The molecule has 8 nitrogen and oxygen atoms in total. The van der Waals surface area contributed by atoms with E-state index >= 15 is 0 Å². The smallest absolute Gasteiger partial charge is 0.253 e. The summed E-state index contributed by atoms with van der Waals surface area (Å²) < 4.78 is 12.4. The minimum Gasteiger partial charge on any atom is -0.359 e. The molecule has 2 aromatic rings. The lowest BCUT2D eigenvalue weighted by atomic mass is 9.96. The van der Waals surface area contributed by atoms with Gasteiger partial charge >= 0.3 is 0 Å². The SMILES string of the molecule is CC1(C)CNC[C@@](C)(OCc2ccccc2)C(=O)NC(C)(C)CNC[C@@](C)(OCc2ccccc2)C(=O)N1. The molecule has 0 spiro atoms. The Labute approximate surface area is 227 Å². The van der Waals surface area contributed by atoms with E-state index in [1.165, 1.54) is 0 Å². The van der Waals surface area contributed by atoms with Gasteiger partial charge in [0.1, 0.15) is 0 Å². The van der Waals surface area contributed by atoms with Gasteiger partial charge in [-0.1, -0.05) is 60.7 Å². The number of amides is 2. The second-order valence-electron chi connectivity index (χ2n) is 11.9. The van der Waals surface area contributed by atoms with Gasteiger partial charge in [0.25, 0.3) is 11.8 Å². The zero-order valence-corrected chi connectivity index (χ0v) is 23.6. The van der Waals surface area contributed by atoms with Gasteiger partial charge in [-0.2, -0.15) is 0 Å². The van der Waals surface area contributed by atoms with Gasteiger partial charge in [-0.15, -0.1) is 0 Å². The summed E-state index contributed by atoms with van der Waals surface area (Å²) >= 11 is 0. The Morgan fingerprint density at radius 2 is 0.921 bits per heavy atom. The van der Waals surface area contributed by atoms with Crippen molar-refractivity contribution in [3.63, 3.8) is 0 Å². The van der Waals surface area contributed by atoms with Crippen LogP contribution in [0, 0.1) is 0 Å². The molecule has 0 unspecified atom stereocenters. The van der Waals surface area contributed by atoms with Crippen LogP contribution in [-0.2, 0) is 32.3 Å². The number of benzene rings is 2. The molecule has 0 bridgehead atoms. The fraction of sp³-hybridized carbons (Fsp3) is 0.533. The van der Waals surface area contributed by atoms with Gasteiger partial charge in [-0.3, -0.25) is 9.59 Å². The van der Waals surface area contributed by atoms with Crippen LogP contribution in [0.2, 0.25) is 0 Å². The van der Waals surface area contributed by atoms with E-state index in [4.69, 9.17) is 9.47 Å². The maximum absolute atomic E-state index is 13.5. The normalized spacial score (nSPS) is 26.6. The fourth-order valence-corrected chi connectivity index (χ4v) is 4.22. The Morgan fingerprint density at radius 3 is 1.26 bits per heavy atom. The van der Waals surface area contributed by atoms with Gasteiger partial charge in [0.15, 0.2) is 11.2 Å². The molecule has 0 radical (unpaired) electrons. The van der Waals surface area contributed by atoms with E-state index in [9.17, 15) is 9.59 Å². The molecule has 8 heteroatoms. The molecule has 4 N–H and O–H groups in total. The number of hydrogen-bond acceptors (Lipinski definition) is 6. The van der Waals surface area contributed by atoms with Gasteiger partial charge < -0.3 is 30.7 Å². The van der Waals surface area contributed by atoms with Gasteiger partial charge in [-0.05, 0) is 52.7 Å². The first kappa shape index (κ1) is 29.8. The quantitative estimate of drug-likeness (QED) is 0.464. The Morgan fingerprint density at radius 1 is 0.579 bits per heavy atom. The minimum atomic E-state index is -1.12. The Bertz CT molecular complexity index is 975. The molecule has 1 aliphatic heterocycles. The summed E-state index contributed by atoms with van der Waals surface area (Å²) in [7, 11) is 0. The lowest BCUT2D eigenvalue weighted by Crippen LogP contribution is -2.64. The average Bonchev–Trinajstić information content (AvgIpc) is 2.86. The van der Waals surface area contributed by atoms with Crippen LogP contribution in [0.15, 0.2) is 60.7 Å². The van der Waals surface area contributed by atoms with Crippen molar-refractivity contribution in [3.8, 4) is 0 Å². The van der Waals surface area contributed by atoms with Crippen molar-refractivity contribution >= 4 is 11.8 Å². The molecule has 0 aliphatic carbocycles. The number of rotatable bonds is 6. The molecule has 2 aromatic carbocycles. The predicted molar refractivity (Wildman–Crippen MR) is 149 cm³/mol. The van der Waals surface area contributed by atoms with Crippen molar-refractivity contribution in [2.75, 3.05) is 26.2 Å². The van der Waals surface area contributed by atoms with Crippen LogP contribution in [0.3, 0.4) is 0 Å². The summed E-state index contributed by atoms with van der Waals surface area (Å²) in [4.78, 5) is 27.1. The van der Waals surface area contributed by atoms with Crippen molar-refractivity contribution in [2.24, 2.45) is 0 Å². The Balaban J connectivity index is 1.77. The Kier molecular flexibility index (Phi) is 9.70. The highest BCUT2D eigenvalue weighted by atomic mass is 16.5. The first-order chi connectivity index (χ1) is 17.8. The number of ether oxygens (including phenoxy) is 2. The maximum Gasteiger partial charge on any atom is 0.253 e. The lowest BCUT2D eigenvalue weighted by Gasteiger charge is -2.39. The second kappa shape index (κ2) is 12.4. The summed E-state index contributed by atoms with van der Waals surface area (Å²) in [6.45, 7) is 13.4. The van der Waals surface area contributed by atoms with E-state index in [1.54, 1.807) is 13.8 Å². The van der Waals surface area contributed by atoms with E-state index in [-0.39, 0.29) is 24.9 Å². The van der Waals surface area contributed by atoms with Crippen LogP contribution < -0.4 is 21.3 Å². The molecule has 1 fully saturated rings. The molecular weight excluding hydrogens is 480 g/mol. The molecule has 2 amide bonds. The molecule has 1 saturated heterocycles. The third-order valence-corrected chi connectivity index (χ3v) is 6.72. The van der Waals surface area contributed by atoms with Crippen molar-refractivity contribution in [3.05, 3.63) is 71.8 Å². The van der Waals surface area contributed by atoms with Crippen molar-refractivity contribution in [1.82, 2.24) is 21.3 Å². The second-order valence-corrected chi connectivity index (χ2v) is 11.9. The van der Waals surface area contributed by atoms with E-state index in [1.807, 2.05) is 88.4 Å². The van der Waals surface area contributed by atoms with Crippen molar-refractivity contribution in [1.29, 1.82) is 0 Å².